The number of hydrogen-bond donors (Lipinski definition) is 0. The maximum Gasteiger partial charge on any atom is 0.323 e. The summed E-state index contributed by atoms with van der Waals surface area (Å²) < 4.78 is 14.3. The first-order valence-electron chi connectivity index (χ1n) is 13.3. The highest BCUT2D eigenvalue weighted by Gasteiger charge is 2.33. The van der Waals surface area contributed by atoms with Crippen LogP contribution in [0, 0.1) is 5.41 Å². The van der Waals surface area contributed by atoms with Crippen LogP contribution in [-0.2, 0) is 11.2 Å². The van der Waals surface area contributed by atoms with Gasteiger partial charge in [0.2, 0.25) is 0 Å². The van der Waals surface area contributed by atoms with Gasteiger partial charge in [-0.25, -0.2) is 4.58 Å². The molecule has 0 unspecified atom stereocenters. The van der Waals surface area contributed by atoms with Crippen molar-refractivity contribution in [2.75, 3.05) is 20.3 Å². The van der Waals surface area contributed by atoms with Gasteiger partial charge in [-0.15, -0.1) is 0 Å². The normalized spacial score (nSPS) is 14.7. The maximum absolute atomic E-state index is 6.26. The minimum atomic E-state index is 0.0777. The van der Waals surface area contributed by atoms with Crippen molar-refractivity contribution >= 4 is 18.0 Å². The van der Waals surface area contributed by atoms with Crippen molar-refractivity contribution in [3.8, 4) is 5.75 Å². The molecule has 190 valence electrons. The Morgan fingerprint density at radius 2 is 1.57 bits per heavy atom. The van der Waals surface area contributed by atoms with E-state index in [0.29, 0.717) is 5.41 Å². The van der Waals surface area contributed by atoms with Crippen LogP contribution in [0.3, 0.4) is 0 Å². The number of unbranched alkanes of at least 4 members (excludes halogenated alkanes) is 2. The van der Waals surface area contributed by atoms with Crippen LogP contribution in [-0.4, -0.2) is 36.8 Å². The van der Waals surface area contributed by atoms with E-state index in [1.807, 2.05) is 6.40 Å². The number of hydrogen-bond acceptors (Lipinski definition) is 2. The Balaban J connectivity index is 1.44. The molecule has 35 heavy (non-hydrogen) atoms. The predicted octanol–water partition coefficient (Wildman–Crippen LogP) is 8.01. The van der Waals surface area contributed by atoms with E-state index >= 15 is 0 Å². The highest BCUT2D eigenvalue weighted by atomic mass is 16.5. The molecule has 0 N–H and O–H groups in total. The van der Waals surface area contributed by atoms with Crippen LogP contribution in [0.2, 0.25) is 0 Å². The topological polar surface area (TPSA) is 21.5 Å². The van der Waals surface area contributed by atoms with Crippen LogP contribution in [0.25, 0.3) is 11.6 Å². The fourth-order valence-corrected chi connectivity index (χ4v) is 5.08. The van der Waals surface area contributed by atoms with E-state index in [1.165, 1.54) is 28.7 Å². The molecule has 0 bridgehead atoms. The van der Waals surface area contributed by atoms with Crippen molar-refractivity contribution in [1.29, 1.82) is 0 Å². The molecular formula is C32H46NO2+. The van der Waals surface area contributed by atoms with E-state index < -0.39 is 0 Å². The molecule has 0 aliphatic heterocycles. The van der Waals surface area contributed by atoms with E-state index in [1.54, 1.807) is 0 Å². The number of ether oxygens (including phenoxy) is 2. The number of rotatable bonds is 11. The summed E-state index contributed by atoms with van der Waals surface area (Å²) in [6, 6.07) is 17.3. The van der Waals surface area contributed by atoms with E-state index in [9.17, 15) is 0 Å². The van der Waals surface area contributed by atoms with Gasteiger partial charge in [-0.2, -0.15) is 0 Å². The molecule has 0 fully saturated rings. The van der Waals surface area contributed by atoms with Gasteiger partial charge in [-0.3, -0.25) is 0 Å². The molecule has 0 atom stereocenters. The van der Waals surface area contributed by atoms with E-state index in [2.05, 4.69) is 101 Å². The molecule has 0 spiro atoms. The first-order valence-corrected chi connectivity index (χ1v) is 13.3. The van der Waals surface area contributed by atoms with Gasteiger partial charge in [0, 0.05) is 25.8 Å². The Hall–Kier alpha value is -2.55. The Bertz CT molecular complexity index is 1010. The van der Waals surface area contributed by atoms with Gasteiger partial charge in [0.05, 0.1) is 13.2 Å². The van der Waals surface area contributed by atoms with Crippen molar-refractivity contribution in [2.24, 2.45) is 5.41 Å². The summed E-state index contributed by atoms with van der Waals surface area (Å²) in [5.41, 5.74) is 5.79. The molecule has 3 nitrogen and oxygen atoms in total. The highest BCUT2D eigenvalue weighted by Crippen LogP contribution is 2.34. The summed E-state index contributed by atoms with van der Waals surface area (Å²) in [6.45, 7) is 12.9. The van der Waals surface area contributed by atoms with Crippen molar-refractivity contribution < 1.29 is 14.0 Å². The van der Waals surface area contributed by atoms with E-state index in [-0.39, 0.29) is 5.54 Å². The third kappa shape index (κ3) is 8.56. The van der Waals surface area contributed by atoms with Gasteiger partial charge in [0.1, 0.15) is 12.8 Å². The minimum Gasteiger partial charge on any atom is -0.493 e. The summed E-state index contributed by atoms with van der Waals surface area (Å²) in [6.07, 6.45) is 11.9. The number of nitrogens with zero attached hydrogens (tertiary/aromatic N) is 1. The number of fused-ring (bicyclic) bond motifs is 1. The van der Waals surface area contributed by atoms with Crippen molar-refractivity contribution in [2.45, 2.75) is 85.1 Å². The summed E-state index contributed by atoms with van der Waals surface area (Å²) in [7, 11) is 2.11. The second kappa shape index (κ2) is 12.4. The van der Waals surface area contributed by atoms with Crippen molar-refractivity contribution in [3.05, 3.63) is 65.2 Å². The zero-order chi connectivity index (χ0) is 25.3. The summed E-state index contributed by atoms with van der Waals surface area (Å²) in [5, 5.41) is 0. The molecule has 2 aromatic carbocycles. The largest absolute Gasteiger partial charge is 0.493 e. The molecule has 3 heteroatoms. The Kier molecular flexibility index (Phi) is 9.60. The van der Waals surface area contributed by atoms with Crippen LogP contribution in [0.1, 0.15) is 89.8 Å². The molecule has 1 aliphatic carbocycles. The third-order valence-corrected chi connectivity index (χ3v) is 6.82. The fraction of sp³-hybridized carbons (Fsp3) is 0.531. The van der Waals surface area contributed by atoms with Crippen LogP contribution in [0.5, 0.6) is 5.75 Å². The molecule has 3 rings (SSSR count). The third-order valence-electron chi connectivity index (χ3n) is 6.82. The zero-order valence-corrected chi connectivity index (χ0v) is 22.9. The lowest BCUT2D eigenvalue weighted by atomic mass is 9.81. The van der Waals surface area contributed by atoms with E-state index in [0.717, 1.165) is 57.5 Å². The van der Waals surface area contributed by atoms with Gasteiger partial charge in [0.25, 0.3) is 0 Å². The lowest BCUT2D eigenvalue weighted by Crippen LogP contribution is -2.38. The molecule has 0 heterocycles. The maximum atomic E-state index is 6.26. The summed E-state index contributed by atoms with van der Waals surface area (Å²) >= 11 is 0. The number of allylic oxidation sites excluding steroid dienone is 1. The molecule has 0 saturated carbocycles. The van der Waals surface area contributed by atoms with Crippen LogP contribution in [0.4, 0.5) is 0 Å². The van der Waals surface area contributed by atoms with Gasteiger partial charge in [-0.1, -0.05) is 69.3 Å². The lowest BCUT2D eigenvalue weighted by molar-refractivity contribution is -0.581. The quantitative estimate of drug-likeness (QED) is 0.142. The lowest BCUT2D eigenvalue weighted by Gasteiger charge is -2.28. The highest BCUT2D eigenvalue weighted by molar-refractivity contribution is 5.85. The Morgan fingerprint density at radius 3 is 2.37 bits per heavy atom. The van der Waals surface area contributed by atoms with Gasteiger partial charge >= 0.3 is 6.40 Å². The monoisotopic (exact) mass is 476 g/mol. The molecule has 1 aliphatic rings. The van der Waals surface area contributed by atoms with Crippen LogP contribution >= 0.6 is 0 Å². The molecular weight excluding hydrogens is 430 g/mol. The molecule has 0 saturated heterocycles. The number of para-hydroxylation sites is 1. The van der Waals surface area contributed by atoms with Crippen molar-refractivity contribution in [3.63, 3.8) is 0 Å². The first kappa shape index (κ1) is 27.0. The van der Waals surface area contributed by atoms with Gasteiger partial charge in [-0.05, 0) is 66.7 Å². The molecule has 0 amide bonds. The standard InChI is InChI=1S/C32H46NO2/c1-31(2,3)24-32(4,5)33(6)25-34-21-12-7-13-22-35-30-20-11-10-19-29(30)28-18-14-17-26-15-8-9-16-27(26)23-28/h8-11,15-16,19-20,23,25H,7,12-14,17-18,21-22,24H2,1-6H3/q+1. The van der Waals surface area contributed by atoms with E-state index in [4.69, 9.17) is 9.47 Å². The Labute approximate surface area is 213 Å². The van der Waals surface area contributed by atoms with Crippen LogP contribution in [0.15, 0.2) is 48.5 Å². The molecule has 0 radical (unpaired) electrons. The smallest absolute Gasteiger partial charge is 0.323 e. The fourth-order valence-electron chi connectivity index (χ4n) is 5.08. The van der Waals surface area contributed by atoms with Crippen molar-refractivity contribution in [1.82, 2.24) is 0 Å². The van der Waals surface area contributed by atoms with Crippen LogP contribution < -0.4 is 4.74 Å². The summed E-state index contributed by atoms with van der Waals surface area (Å²) in [4.78, 5) is 0. The molecule has 0 aromatic heterocycles. The minimum absolute atomic E-state index is 0.0777. The van der Waals surface area contributed by atoms with Gasteiger partial charge in [0.15, 0.2) is 5.54 Å². The SMILES string of the molecule is C[N+](=COCCCCCOc1ccccc1C1=Cc2ccccc2CCC1)C(C)(C)CC(C)(C)C. The molecule has 2 aromatic rings. The zero-order valence-electron chi connectivity index (χ0n) is 22.9. The number of aryl methyl sites for hydroxylation is 1. The summed E-state index contributed by atoms with van der Waals surface area (Å²) in [5.74, 6) is 1.01. The average molecular weight is 477 g/mol. The first-order chi connectivity index (χ1) is 16.7. The van der Waals surface area contributed by atoms with Gasteiger partial charge < -0.3 is 9.47 Å². The predicted molar refractivity (Wildman–Crippen MR) is 149 cm³/mol. The Morgan fingerprint density at radius 1 is 0.857 bits per heavy atom. The number of benzene rings is 2. The average Bonchev–Trinajstić information content (AvgIpc) is 3.02. The second-order valence-corrected chi connectivity index (χ2v) is 11.8. The second-order valence-electron chi connectivity index (χ2n) is 11.8.